The van der Waals surface area contributed by atoms with Crippen molar-refractivity contribution in [3.63, 3.8) is 0 Å². The van der Waals surface area contributed by atoms with Gasteiger partial charge in [0.15, 0.2) is 0 Å². The fourth-order valence-electron chi connectivity index (χ4n) is 2.95. The quantitative estimate of drug-likeness (QED) is 0.929. The molecule has 2 heterocycles. The number of anilines is 1. The van der Waals surface area contributed by atoms with E-state index in [2.05, 4.69) is 46.9 Å². The highest BCUT2D eigenvalue weighted by Gasteiger charge is 2.25. The Labute approximate surface area is 119 Å². The number of para-hydroxylation sites is 1. The maximum atomic E-state index is 5.35. The molecule has 3 rings (SSSR count). The fraction of sp³-hybridized carbons (Fsp3) is 0.438. The van der Waals surface area contributed by atoms with Gasteiger partial charge in [-0.15, -0.1) is 0 Å². The molecular formula is C16H21N3O. The average molecular weight is 271 g/mol. The van der Waals surface area contributed by atoms with Gasteiger partial charge in [0.2, 0.25) is 0 Å². The van der Waals surface area contributed by atoms with E-state index >= 15 is 0 Å². The zero-order valence-electron chi connectivity index (χ0n) is 12.3. The Hall–Kier alpha value is -1.81. The Kier molecular flexibility index (Phi) is 3.26. The summed E-state index contributed by atoms with van der Waals surface area (Å²) in [6.45, 7) is 6.00. The van der Waals surface area contributed by atoms with Crippen LogP contribution in [-0.4, -0.2) is 29.8 Å². The molecule has 2 aromatic rings. The molecule has 4 heteroatoms. The van der Waals surface area contributed by atoms with Crippen LogP contribution in [0.25, 0.3) is 11.3 Å². The molecule has 0 amide bonds. The van der Waals surface area contributed by atoms with Gasteiger partial charge in [-0.1, -0.05) is 18.2 Å². The molecule has 1 N–H and O–H groups in total. The number of hydrogen-bond acceptors (Lipinski definition) is 3. The van der Waals surface area contributed by atoms with Crippen LogP contribution in [0.5, 0.6) is 0 Å². The Morgan fingerprint density at radius 2 is 2.25 bits per heavy atom. The van der Waals surface area contributed by atoms with Crippen molar-refractivity contribution >= 4 is 5.69 Å². The number of benzene rings is 1. The summed E-state index contributed by atoms with van der Waals surface area (Å²) in [5.41, 5.74) is 4.88. The highest BCUT2D eigenvalue weighted by molar-refractivity contribution is 5.80. The molecule has 0 saturated heterocycles. The van der Waals surface area contributed by atoms with Gasteiger partial charge in [0.25, 0.3) is 0 Å². The largest absolute Gasteiger partial charge is 0.384 e. The van der Waals surface area contributed by atoms with Crippen molar-refractivity contribution in [1.82, 2.24) is 9.55 Å². The molecule has 1 aromatic carbocycles. The number of aromatic nitrogens is 2. The molecule has 1 aliphatic rings. The van der Waals surface area contributed by atoms with E-state index in [1.54, 1.807) is 7.11 Å². The number of nitrogens with zero attached hydrogens (tertiary/aromatic N) is 2. The summed E-state index contributed by atoms with van der Waals surface area (Å²) in [6, 6.07) is 6.48. The van der Waals surface area contributed by atoms with Gasteiger partial charge in [-0.2, -0.15) is 0 Å². The second kappa shape index (κ2) is 4.94. The van der Waals surface area contributed by atoms with E-state index in [0.29, 0.717) is 6.61 Å². The Bertz CT molecular complexity index is 616. The predicted octanol–water partition coefficient (Wildman–Crippen LogP) is 2.90. The van der Waals surface area contributed by atoms with Gasteiger partial charge in [-0.25, -0.2) is 4.98 Å². The first-order valence-corrected chi connectivity index (χ1v) is 7.01. The van der Waals surface area contributed by atoms with E-state index in [4.69, 9.17) is 4.74 Å². The van der Waals surface area contributed by atoms with E-state index < -0.39 is 0 Å². The topological polar surface area (TPSA) is 39.1 Å². The number of rotatable bonds is 4. The Morgan fingerprint density at radius 3 is 3.05 bits per heavy atom. The first-order chi connectivity index (χ1) is 9.63. The Balaban J connectivity index is 2.09. The van der Waals surface area contributed by atoms with Crippen LogP contribution in [0.4, 0.5) is 5.69 Å². The van der Waals surface area contributed by atoms with Gasteiger partial charge < -0.3 is 14.6 Å². The summed E-state index contributed by atoms with van der Waals surface area (Å²) in [5.74, 6) is 0. The van der Waals surface area contributed by atoms with Crippen LogP contribution in [0.3, 0.4) is 0 Å². The van der Waals surface area contributed by atoms with Crippen molar-refractivity contribution in [2.45, 2.75) is 25.8 Å². The molecular weight excluding hydrogens is 250 g/mol. The molecule has 4 nitrogen and oxygen atoms in total. The van der Waals surface area contributed by atoms with Gasteiger partial charge in [-0.3, -0.25) is 0 Å². The monoisotopic (exact) mass is 271 g/mol. The highest BCUT2D eigenvalue weighted by Crippen LogP contribution is 2.36. The van der Waals surface area contributed by atoms with Crippen LogP contribution in [0, 0.1) is 0 Å². The van der Waals surface area contributed by atoms with E-state index in [0.717, 1.165) is 18.7 Å². The zero-order valence-corrected chi connectivity index (χ0v) is 12.3. The minimum absolute atomic E-state index is 0.123. The van der Waals surface area contributed by atoms with Crippen LogP contribution in [0.15, 0.2) is 30.7 Å². The highest BCUT2D eigenvalue weighted by atomic mass is 16.5. The van der Waals surface area contributed by atoms with E-state index in [-0.39, 0.29) is 5.54 Å². The molecule has 0 fully saturated rings. The summed E-state index contributed by atoms with van der Waals surface area (Å²) >= 11 is 0. The molecule has 20 heavy (non-hydrogen) atoms. The van der Waals surface area contributed by atoms with Crippen LogP contribution in [-0.2, 0) is 16.7 Å². The normalized spacial score (nSPS) is 14.2. The molecule has 0 unspecified atom stereocenters. The minimum Gasteiger partial charge on any atom is -0.384 e. The summed E-state index contributed by atoms with van der Waals surface area (Å²) in [4.78, 5) is 4.35. The van der Waals surface area contributed by atoms with Gasteiger partial charge >= 0.3 is 0 Å². The van der Waals surface area contributed by atoms with Crippen LogP contribution >= 0.6 is 0 Å². The standard InChI is InChI=1S/C16H21N3O/c1-16(2,10-20-3)19-11-17-9-14(19)13-6-4-5-12-7-8-18-15(12)13/h4-6,9,11,18H,7-8,10H2,1-3H3. The van der Waals surface area contributed by atoms with Gasteiger partial charge in [0.1, 0.15) is 0 Å². The van der Waals surface area contributed by atoms with E-state index in [1.165, 1.54) is 16.8 Å². The second-order valence-electron chi connectivity index (χ2n) is 5.91. The lowest BCUT2D eigenvalue weighted by Crippen LogP contribution is -2.31. The zero-order chi connectivity index (χ0) is 14.2. The van der Waals surface area contributed by atoms with Crippen molar-refractivity contribution < 1.29 is 4.74 Å². The molecule has 0 bridgehead atoms. The van der Waals surface area contributed by atoms with Crippen LogP contribution in [0.1, 0.15) is 19.4 Å². The third kappa shape index (κ3) is 2.10. The van der Waals surface area contributed by atoms with Gasteiger partial charge in [-0.05, 0) is 25.8 Å². The molecule has 1 aromatic heterocycles. The summed E-state index contributed by atoms with van der Waals surface area (Å²) in [7, 11) is 1.74. The predicted molar refractivity (Wildman–Crippen MR) is 81.1 cm³/mol. The summed E-state index contributed by atoms with van der Waals surface area (Å²) < 4.78 is 7.55. The number of imidazole rings is 1. The third-order valence-electron chi connectivity index (χ3n) is 3.91. The molecule has 0 radical (unpaired) electrons. The fourth-order valence-corrected chi connectivity index (χ4v) is 2.95. The smallest absolute Gasteiger partial charge is 0.0956 e. The molecule has 0 saturated carbocycles. The van der Waals surface area contributed by atoms with Crippen molar-refractivity contribution in [3.8, 4) is 11.3 Å². The molecule has 0 spiro atoms. The molecule has 0 atom stereocenters. The van der Waals surface area contributed by atoms with Crippen molar-refractivity contribution in [1.29, 1.82) is 0 Å². The lowest BCUT2D eigenvalue weighted by Gasteiger charge is -2.28. The first kappa shape index (κ1) is 13.2. The lowest BCUT2D eigenvalue weighted by molar-refractivity contribution is 0.110. The average Bonchev–Trinajstić information content (AvgIpc) is 3.07. The number of methoxy groups -OCH3 is 1. The van der Waals surface area contributed by atoms with Crippen molar-refractivity contribution in [2.24, 2.45) is 0 Å². The van der Waals surface area contributed by atoms with E-state index in [1.807, 2.05) is 12.5 Å². The molecule has 106 valence electrons. The molecule has 1 aliphatic heterocycles. The SMILES string of the molecule is COCC(C)(C)n1cncc1-c1cccc2c1NCC2. The maximum absolute atomic E-state index is 5.35. The number of nitrogens with one attached hydrogen (secondary N) is 1. The first-order valence-electron chi connectivity index (χ1n) is 7.01. The van der Waals surface area contributed by atoms with E-state index in [9.17, 15) is 0 Å². The number of hydrogen-bond donors (Lipinski definition) is 1. The van der Waals surface area contributed by atoms with Crippen LogP contribution < -0.4 is 5.32 Å². The van der Waals surface area contributed by atoms with Gasteiger partial charge in [0, 0.05) is 24.9 Å². The molecule has 0 aliphatic carbocycles. The summed E-state index contributed by atoms with van der Waals surface area (Å²) in [5, 5.41) is 3.50. The number of ether oxygens (including phenoxy) is 1. The minimum atomic E-state index is -0.123. The van der Waals surface area contributed by atoms with Crippen molar-refractivity contribution in [2.75, 3.05) is 25.6 Å². The Morgan fingerprint density at radius 1 is 1.40 bits per heavy atom. The maximum Gasteiger partial charge on any atom is 0.0956 e. The lowest BCUT2D eigenvalue weighted by atomic mass is 10.0. The van der Waals surface area contributed by atoms with Crippen LogP contribution in [0.2, 0.25) is 0 Å². The van der Waals surface area contributed by atoms with Crippen molar-refractivity contribution in [3.05, 3.63) is 36.3 Å². The van der Waals surface area contributed by atoms with Gasteiger partial charge in [0.05, 0.1) is 30.4 Å². The summed E-state index contributed by atoms with van der Waals surface area (Å²) in [6.07, 6.45) is 4.93. The third-order valence-corrected chi connectivity index (χ3v) is 3.91. The number of fused-ring (bicyclic) bond motifs is 1. The second-order valence-corrected chi connectivity index (χ2v) is 5.91.